The summed E-state index contributed by atoms with van der Waals surface area (Å²) in [5, 5.41) is 10.5. The van der Waals surface area contributed by atoms with E-state index in [2.05, 4.69) is 91.2 Å². The Morgan fingerprint density at radius 1 is 0.790 bits per heavy atom. The molecule has 3 aliphatic carbocycles. The molecule has 16 heteroatoms. The topological polar surface area (TPSA) is 165 Å². The van der Waals surface area contributed by atoms with Crippen molar-refractivity contribution in [2.24, 2.45) is 15.9 Å². The van der Waals surface area contributed by atoms with Crippen molar-refractivity contribution in [3.8, 4) is 0 Å². The van der Waals surface area contributed by atoms with Gasteiger partial charge in [0.2, 0.25) is 0 Å². The van der Waals surface area contributed by atoms with E-state index < -0.39 is 0 Å². The molecule has 2 aromatic rings. The number of aryl methyl sites for hydroxylation is 1. The van der Waals surface area contributed by atoms with Gasteiger partial charge in [0, 0.05) is 113 Å². The zero-order chi connectivity index (χ0) is 44.3. The zero-order valence-electron chi connectivity index (χ0n) is 39.0. The van der Waals surface area contributed by atoms with Gasteiger partial charge in [0.1, 0.15) is 30.1 Å². The molecular formula is C46H77N11O5. The van der Waals surface area contributed by atoms with Gasteiger partial charge in [-0.2, -0.15) is 0 Å². The molecule has 0 spiro atoms. The van der Waals surface area contributed by atoms with Crippen LogP contribution in [-0.4, -0.2) is 172 Å². The van der Waals surface area contributed by atoms with Crippen molar-refractivity contribution in [3.05, 3.63) is 47.9 Å². The van der Waals surface area contributed by atoms with Crippen LogP contribution in [0.3, 0.4) is 0 Å². The number of aliphatic imine (C=N–C) groups is 2. The molecule has 0 aromatic carbocycles. The summed E-state index contributed by atoms with van der Waals surface area (Å²) in [6.45, 7) is 22.5. The minimum Gasteiger partial charge on any atom is -0.391 e. The van der Waals surface area contributed by atoms with E-state index in [1.165, 1.54) is 0 Å². The Balaban J connectivity index is 0.943. The third kappa shape index (κ3) is 16.2. The highest BCUT2D eigenvalue weighted by atomic mass is 16.5. The molecular weight excluding hydrogens is 787 g/mol. The van der Waals surface area contributed by atoms with Crippen molar-refractivity contribution in [1.29, 1.82) is 0 Å². The first kappa shape index (κ1) is 49.4. The second kappa shape index (κ2) is 25.6. The second-order valence-electron chi connectivity index (χ2n) is 18.1. The molecule has 0 amide bonds. The van der Waals surface area contributed by atoms with Crippen molar-refractivity contribution >= 4 is 24.2 Å². The van der Waals surface area contributed by atoms with Gasteiger partial charge in [0.05, 0.1) is 57.5 Å². The largest absolute Gasteiger partial charge is 0.391 e. The number of anilines is 2. The van der Waals surface area contributed by atoms with Crippen LogP contribution in [0.15, 0.2) is 46.5 Å². The number of aromatic nitrogens is 4. The predicted octanol–water partition coefficient (Wildman–Crippen LogP) is 5.16. The molecule has 3 aliphatic rings. The van der Waals surface area contributed by atoms with E-state index in [1.54, 1.807) is 26.9 Å². The maximum absolute atomic E-state index is 6.20. The summed E-state index contributed by atoms with van der Waals surface area (Å²) < 4.78 is 29.1. The molecule has 346 valence electrons. The lowest BCUT2D eigenvalue weighted by Gasteiger charge is -2.43. The van der Waals surface area contributed by atoms with Gasteiger partial charge in [-0.05, 0) is 64.5 Å². The van der Waals surface area contributed by atoms with Gasteiger partial charge in [0.15, 0.2) is 0 Å². The normalized spacial score (nSPS) is 23.4. The molecule has 3 N–H and O–H groups in total. The molecule has 0 bridgehead atoms. The van der Waals surface area contributed by atoms with Gasteiger partial charge in [-0.3, -0.25) is 14.8 Å². The van der Waals surface area contributed by atoms with Gasteiger partial charge in [0.25, 0.3) is 0 Å². The highest BCUT2D eigenvalue weighted by Crippen LogP contribution is 2.31. The number of hydrogen-bond acceptors (Lipinski definition) is 15. The highest BCUT2D eigenvalue weighted by molar-refractivity contribution is 5.96. The molecule has 1 unspecified atom stereocenters. The average Bonchev–Trinajstić information content (AvgIpc) is 3.20. The number of nitrogens with one attached hydrogen (secondary N) is 3. The number of allylic oxidation sites excluding steroid dienone is 1. The third-order valence-electron chi connectivity index (χ3n) is 12.3. The van der Waals surface area contributed by atoms with Gasteiger partial charge in [-0.15, -0.1) is 0 Å². The molecule has 62 heavy (non-hydrogen) atoms. The van der Waals surface area contributed by atoms with Crippen molar-refractivity contribution in [2.45, 2.75) is 121 Å². The van der Waals surface area contributed by atoms with Crippen LogP contribution in [0.4, 0.5) is 11.6 Å². The lowest BCUT2D eigenvalue weighted by molar-refractivity contribution is -0.00825. The first-order valence-corrected chi connectivity index (χ1v) is 22.8. The molecule has 2 aromatic heterocycles. The van der Waals surface area contributed by atoms with Crippen LogP contribution in [-0.2, 0) is 29.1 Å². The fraction of sp³-hybridized carbons (Fsp3) is 0.739. The lowest BCUT2D eigenvalue weighted by atomic mass is 9.85. The SMILES string of the molecule is C=NC(C=C(NC)C(C)CCOC1CC(Nc2cc(C)ncn2)C1)=NC1CC(N(CCOC)CCOCCOCCN(CCOC)C2CC(Nc3cc(C(C)(C)C)ncn3)C2)C1. The maximum Gasteiger partial charge on any atom is 0.148 e. The molecule has 1 atom stereocenters. The fourth-order valence-electron chi connectivity index (χ4n) is 8.12. The van der Waals surface area contributed by atoms with Gasteiger partial charge in [-0.25, -0.2) is 24.9 Å². The van der Waals surface area contributed by atoms with E-state index >= 15 is 0 Å². The van der Waals surface area contributed by atoms with Crippen molar-refractivity contribution in [3.63, 3.8) is 0 Å². The van der Waals surface area contributed by atoms with Crippen LogP contribution in [0.5, 0.6) is 0 Å². The van der Waals surface area contributed by atoms with E-state index in [0.29, 0.717) is 76.3 Å². The number of amidine groups is 1. The lowest BCUT2D eigenvalue weighted by Crippen LogP contribution is -2.51. The van der Waals surface area contributed by atoms with Gasteiger partial charge < -0.3 is 39.6 Å². The minimum absolute atomic E-state index is 0.00836. The van der Waals surface area contributed by atoms with Crippen molar-refractivity contribution in [1.82, 2.24) is 35.1 Å². The number of ether oxygens (including phenoxy) is 5. The van der Waals surface area contributed by atoms with Crippen LogP contribution in [0.25, 0.3) is 0 Å². The summed E-state index contributed by atoms with van der Waals surface area (Å²) in [6, 6.07) is 5.99. The van der Waals surface area contributed by atoms with Gasteiger partial charge >= 0.3 is 0 Å². The fourth-order valence-corrected chi connectivity index (χ4v) is 8.12. The number of hydrogen-bond donors (Lipinski definition) is 3. The summed E-state index contributed by atoms with van der Waals surface area (Å²) in [5.41, 5.74) is 3.09. The van der Waals surface area contributed by atoms with E-state index in [4.69, 9.17) is 28.7 Å². The second-order valence-corrected chi connectivity index (χ2v) is 18.1. The van der Waals surface area contributed by atoms with E-state index in [9.17, 15) is 0 Å². The van der Waals surface area contributed by atoms with E-state index in [-0.39, 0.29) is 23.5 Å². The Hall–Kier alpha value is -3.64. The molecule has 16 nitrogen and oxygen atoms in total. The molecule has 0 radical (unpaired) electrons. The molecule has 3 saturated carbocycles. The quantitative estimate of drug-likeness (QED) is 0.0558. The van der Waals surface area contributed by atoms with Crippen LogP contribution < -0.4 is 16.0 Å². The Kier molecular flexibility index (Phi) is 20.4. The molecule has 0 saturated heterocycles. The van der Waals surface area contributed by atoms with Crippen LogP contribution in [0, 0.1) is 12.8 Å². The molecule has 2 heterocycles. The summed E-state index contributed by atoms with van der Waals surface area (Å²) in [5.74, 6) is 2.73. The minimum atomic E-state index is -0.00836. The van der Waals surface area contributed by atoms with Gasteiger partial charge in [-0.1, -0.05) is 27.7 Å². The zero-order valence-corrected chi connectivity index (χ0v) is 39.0. The van der Waals surface area contributed by atoms with E-state index in [1.807, 2.05) is 26.1 Å². The Morgan fingerprint density at radius 3 is 1.92 bits per heavy atom. The van der Waals surface area contributed by atoms with E-state index in [0.717, 1.165) is 99.8 Å². The van der Waals surface area contributed by atoms with Crippen LogP contribution in [0.1, 0.15) is 84.0 Å². The summed E-state index contributed by atoms with van der Waals surface area (Å²) in [4.78, 5) is 31.6. The monoisotopic (exact) mass is 864 g/mol. The summed E-state index contributed by atoms with van der Waals surface area (Å²) in [6.07, 6.45) is 12.5. The Morgan fingerprint density at radius 2 is 1.35 bits per heavy atom. The number of methoxy groups -OCH3 is 2. The first-order chi connectivity index (χ1) is 30.0. The molecule has 5 rings (SSSR count). The molecule has 3 fully saturated rings. The standard InChI is InChI=1S/C46H77N11O5/c1-33(10-15-62-40-27-37(28-40)55-44-22-34(2)49-31-51-44)41(47-6)29-43(48-7)53-35-23-38(24-35)56(11-16-58-8)13-18-60-20-21-61-19-14-57(12-17-59-9)39-25-36(26-39)54-45-30-42(46(3,4)5)50-32-52-45/h22,29-33,35-40,47H,7,10-21,23-28H2,1-6,8-9H3,(H,49,51,55)(H,50,52,54). The highest BCUT2D eigenvalue weighted by Gasteiger charge is 2.35. The van der Waals surface area contributed by atoms with Crippen LogP contribution in [0.2, 0.25) is 0 Å². The van der Waals surface area contributed by atoms with Crippen molar-refractivity contribution in [2.75, 3.05) is 104 Å². The number of nitrogens with zero attached hydrogens (tertiary/aromatic N) is 8. The molecule has 0 aliphatic heterocycles. The smallest absolute Gasteiger partial charge is 0.148 e. The average molecular weight is 864 g/mol. The predicted molar refractivity (Wildman–Crippen MR) is 248 cm³/mol. The third-order valence-corrected chi connectivity index (χ3v) is 12.3. The number of rotatable bonds is 29. The first-order valence-electron chi connectivity index (χ1n) is 22.8. The van der Waals surface area contributed by atoms with Crippen molar-refractivity contribution < 1.29 is 23.7 Å². The summed E-state index contributed by atoms with van der Waals surface area (Å²) >= 11 is 0. The maximum atomic E-state index is 6.20. The Labute approximate surface area is 371 Å². The van der Waals surface area contributed by atoms with Crippen LogP contribution >= 0.6 is 0 Å². The Bertz CT molecular complexity index is 1670. The summed E-state index contributed by atoms with van der Waals surface area (Å²) in [7, 11) is 5.47.